The molecule has 1 aliphatic rings. The van der Waals surface area contributed by atoms with Crippen LogP contribution >= 0.6 is 11.6 Å². The molecule has 1 fully saturated rings. The van der Waals surface area contributed by atoms with Gasteiger partial charge in [-0.2, -0.15) is 0 Å². The Morgan fingerprint density at radius 3 is 2.78 bits per heavy atom. The van der Waals surface area contributed by atoms with Crippen LogP contribution in [0, 0.1) is 0 Å². The molecule has 0 radical (unpaired) electrons. The molecule has 1 aliphatic carbocycles. The molecule has 1 aromatic rings. The number of carbonyl (C=O) groups is 1. The lowest BCUT2D eigenvalue weighted by atomic mass is 10.2. The molecule has 1 amide bonds. The first kappa shape index (κ1) is 13.2. The van der Waals surface area contributed by atoms with Crippen molar-refractivity contribution in [2.45, 2.75) is 44.7 Å². The summed E-state index contributed by atoms with van der Waals surface area (Å²) >= 11 is 5.90. The number of hydrogen-bond acceptors (Lipinski definition) is 2. The van der Waals surface area contributed by atoms with Gasteiger partial charge in [0.25, 0.3) is 0 Å². The van der Waals surface area contributed by atoms with E-state index in [1.807, 2.05) is 31.2 Å². The maximum absolute atomic E-state index is 12.0. The fourth-order valence-corrected chi connectivity index (χ4v) is 2.48. The lowest BCUT2D eigenvalue weighted by molar-refractivity contribution is -0.122. The van der Waals surface area contributed by atoms with Crippen LogP contribution in [0.1, 0.15) is 32.6 Å². The Morgan fingerprint density at radius 2 is 2.11 bits per heavy atom. The van der Waals surface area contributed by atoms with Crippen molar-refractivity contribution in [3.63, 3.8) is 0 Å². The summed E-state index contributed by atoms with van der Waals surface area (Å²) in [5.41, 5.74) is 0.872. The third kappa shape index (κ3) is 3.64. The average molecular weight is 267 g/mol. The van der Waals surface area contributed by atoms with Crippen molar-refractivity contribution in [2.24, 2.45) is 0 Å². The van der Waals surface area contributed by atoms with Crippen LogP contribution < -0.4 is 10.6 Å². The van der Waals surface area contributed by atoms with Crippen molar-refractivity contribution < 1.29 is 4.79 Å². The Labute approximate surface area is 113 Å². The van der Waals surface area contributed by atoms with E-state index in [2.05, 4.69) is 10.6 Å². The van der Waals surface area contributed by atoms with Crippen LogP contribution in [0.5, 0.6) is 0 Å². The number of carbonyl (C=O) groups excluding carboxylic acids is 1. The van der Waals surface area contributed by atoms with Crippen molar-refractivity contribution in [2.75, 3.05) is 5.32 Å². The minimum atomic E-state index is -0.246. The molecule has 0 saturated heterocycles. The van der Waals surface area contributed by atoms with Crippen LogP contribution in [-0.2, 0) is 4.79 Å². The predicted molar refractivity (Wildman–Crippen MR) is 74.9 cm³/mol. The largest absolute Gasteiger partial charge is 0.374 e. The van der Waals surface area contributed by atoms with Gasteiger partial charge in [-0.3, -0.25) is 4.79 Å². The van der Waals surface area contributed by atoms with Crippen LogP contribution in [-0.4, -0.2) is 18.0 Å². The molecule has 4 heteroatoms. The van der Waals surface area contributed by atoms with Crippen LogP contribution in [0.15, 0.2) is 24.3 Å². The minimum absolute atomic E-state index is 0.0573. The van der Waals surface area contributed by atoms with Gasteiger partial charge in [0.2, 0.25) is 5.91 Å². The zero-order chi connectivity index (χ0) is 13.0. The average Bonchev–Trinajstić information content (AvgIpc) is 2.81. The number of benzene rings is 1. The van der Waals surface area contributed by atoms with E-state index in [1.165, 1.54) is 12.8 Å². The van der Waals surface area contributed by atoms with E-state index < -0.39 is 0 Å². The smallest absolute Gasteiger partial charge is 0.242 e. The number of hydrogen-bond donors (Lipinski definition) is 2. The van der Waals surface area contributed by atoms with Gasteiger partial charge in [-0.05, 0) is 38.0 Å². The van der Waals surface area contributed by atoms with E-state index in [0.29, 0.717) is 11.1 Å². The fourth-order valence-electron chi connectivity index (χ4n) is 2.29. The number of amides is 1. The standard InChI is InChI=1S/C14H19ClN2O/c1-10(14(18)17-12-6-2-3-7-12)16-13-8-4-5-11(15)9-13/h4-5,8-10,12,16H,2-3,6-7H2,1H3,(H,17,18). The summed E-state index contributed by atoms with van der Waals surface area (Å²) in [5.74, 6) is 0.0573. The first-order valence-corrected chi connectivity index (χ1v) is 6.85. The highest BCUT2D eigenvalue weighted by Crippen LogP contribution is 2.18. The van der Waals surface area contributed by atoms with Crippen LogP contribution in [0.4, 0.5) is 5.69 Å². The summed E-state index contributed by atoms with van der Waals surface area (Å²) in [5, 5.41) is 6.91. The Balaban J connectivity index is 1.86. The highest BCUT2D eigenvalue weighted by Gasteiger charge is 2.20. The predicted octanol–water partition coefficient (Wildman–Crippen LogP) is 3.20. The molecule has 2 rings (SSSR count). The monoisotopic (exact) mass is 266 g/mol. The number of halogens is 1. The second-order valence-corrected chi connectivity index (χ2v) is 5.30. The van der Waals surface area contributed by atoms with Gasteiger partial charge in [-0.15, -0.1) is 0 Å². The van der Waals surface area contributed by atoms with Crippen molar-refractivity contribution >= 4 is 23.2 Å². The first-order valence-electron chi connectivity index (χ1n) is 6.47. The lowest BCUT2D eigenvalue weighted by Crippen LogP contribution is -2.42. The number of nitrogens with one attached hydrogen (secondary N) is 2. The number of rotatable bonds is 4. The van der Waals surface area contributed by atoms with Crippen molar-refractivity contribution in [3.05, 3.63) is 29.3 Å². The van der Waals surface area contributed by atoms with Gasteiger partial charge in [-0.1, -0.05) is 30.5 Å². The molecule has 3 nitrogen and oxygen atoms in total. The van der Waals surface area contributed by atoms with E-state index in [0.717, 1.165) is 18.5 Å². The summed E-state index contributed by atoms with van der Waals surface area (Å²) in [4.78, 5) is 12.0. The van der Waals surface area contributed by atoms with E-state index in [4.69, 9.17) is 11.6 Å². The second kappa shape index (κ2) is 6.10. The molecule has 1 saturated carbocycles. The SMILES string of the molecule is CC(Nc1cccc(Cl)c1)C(=O)NC1CCCC1. The normalized spacial score (nSPS) is 17.4. The third-order valence-electron chi connectivity index (χ3n) is 3.30. The molecule has 1 atom stereocenters. The Hall–Kier alpha value is -1.22. The summed E-state index contributed by atoms with van der Waals surface area (Å²) in [7, 11) is 0. The van der Waals surface area contributed by atoms with E-state index >= 15 is 0 Å². The van der Waals surface area contributed by atoms with Crippen molar-refractivity contribution in [1.82, 2.24) is 5.32 Å². The molecule has 0 heterocycles. The molecule has 0 spiro atoms. The Morgan fingerprint density at radius 1 is 1.39 bits per heavy atom. The van der Waals surface area contributed by atoms with Gasteiger partial charge < -0.3 is 10.6 Å². The highest BCUT2D eigenvalue weighted by atomic mass is 35.5. The van der Waals surface area contributed by atoms with Gasteiger partial charge in [0.05, 0.1) is 0 Å². The molecule has 2 N–H and O–H groups in total. The molecule has 98 valence electrons. The van der Waals surface area contributed by atoms with E-state index in [1.54, 1.807) is 0 Å². The topological polar surface area (TPSA) is 41.1 Å². The lowest BCUT2D eigenvalue weighted by Gasteiger charge is -2.18. The van der Waals surface area contributed by atoms with Crippen molar-refractivity contribution in [3.8, 4) is 0 Å². The van der Waals surface area contributed by atoms with Gasteiger partial charge in [0.15, 0.2) is 0 Å². The fraction of sp³-hybridized carbons (Fsp3) is 0.500. The van der Waals surface area contributed by atoms with E-state index in [9.17, 15) is 4.79 Å². The molecule has 0 aromatic heterocycles. The molecule has 0 aliphatic heterocycles. The maximum atomic E-state index is 12.0. The first-order chi connectivity index (χ1) is 8.65. The van der Waals surface area contributed by atoms with Gasteiger partial charge in [0.1, 0.15) is 6.04 Å². The second-order valence-electron chi connectivity index (χ2n) is 4.87. The van der Waals surface area contributed by atoms with Crippen LogP contribution in [0.25, 0.3) is 0 Å². The molecular weight excluding hydrogens is 248 g/mol. The van der Waals surface area contributed by atoms with Crippen LogP contribution in [0.2, 0.25) is 5.02 Å². The molecule has 18 heavy (non-hydrogen) atoms. The molecular formula is C14H19ClN2O. The summed E-state index contributed by atoms with van der Waals surface area (Å²) in [6, 6.07) is 7.53. The molecule has 0 bridgehead atoms. The zero-order valence-corrected chi connectivity index (χ0v) is 11.3. The van der Waals surface area contributed by atoms with Crippen molar-refractivity contribution in [1.29, 1.82) is 0 Å². The zero-order valence-electron chi connectivity index (χ0n) is 10.6. The Kier molecular flexibility index (Phi) is 4.48. The molecule has 1 aromatic carbocycles. The number of anilines is 1. The summed E-state index contributed by atoms with van der Waals surface area (Å²) in [6.07, 6.45) is 4.66. The highest BCUT2D eigenvalue weighted by molar-refractivity contribution is 6.30. The van der Waals surface area contributed by atoms with Gasteiger partial charge >= 0.3 is 0 Å². The summed E-state index contributed by atoms with van der Waals surface area (Å²) < 4.78 is 0. The van der Waals surface area contributed by atoms with E-state index in [-0.39, 0.29) is 11.9 Å². The molecule has 1 unspecified atom stereocenters. The van der Waals surface area contributed by atoms with Gasteiger partial charge in [-0.25, -0.2) is 0 Å². The van der Waals surface area contributed by atoms with Gasteiger partial charge in [0, 0.05) is 16.8 Å². The van der Waals surface area contributed by atoms with Crippen LogP contribution in [0.3, 0.4) is 0 Å². The minimum Gasteiger partial charge on any atom is -0.374 e. The maximum Gasteiger partial charge on any atom is 0.242 e. The summed E-state index contributed by atoms with van der Waals surface area (Å²) in [6.45, 7) is 1.87. The third-order valence-corrected chi connectivity index (χ3v) is 3.54. The Bertz CT molecular complexity index is 416. The quantitative estimate of drug-likeness (QED) is 0.879.